The van der Waals surface area contributed by atoms with E-state index in [9.17, 15) is 13.2 Å². The Bertz CT molecular complexity index is 561. The Kier molecular flexibility index (Phi) is 4.15. The fourth-order valence-electron chi connectivity index (χ4n) is 2.26. The number of piperidine rings is 1. The van der Waals surface area contributed by atoms with Crippen molar-refractivity contribution in [1.29, 1.82) is 0 Å². The first-order valence-corrected chi connectivity index (χ1v) is 8.50. The van der Waals surface area contributed by atoms with Crippen LogP contribution in [-0.2, 0) is 13.8 Å². The maximum Gasteiger partial charge on any atom is 0.280 e. The number of amides is 1. The largest absolute Gasteiger partial charge is 0.343 e. The first-order valence-electron chi connectivity index (χ1n) is 6.19. The summed E-state index contributed by atoms with van der Waals surface area (Å²) in [5.41, 5.74) is 0. The zero-order valence-electron chi connectivity index (χ0n) is 10.6. The van der Waals surface area contributed by atoms with Crippen LogP contribution in [0.4, 0.5) is 0 Å². The molecule has 0 aromatic carbocycles. The molecule has 1 saturated heterocycles. The lowest BCUT2D eigenvalue weighted by molar-refractivity contribution is -0.132. The molecule has 1 aromatic heterocycles. The minimum absolute atomic E-state index is 0.119. The van der Waals surface area contributed by atoms with E-state index in [1.165, 1.54) is 6.07 Å². The van der Waals surface area contributed by atoms with Crippen LogP contribution in [0.15, 0.2) is 17.3 Å². The van der Waals surface area contributed by atoms with Crippen molar-refractivity contribution in [2.75, 3.05) is 13.1 Å². The van der Waals surface area contributed by atoms with Crippen molar-refractivity contribution in [2.45, 2.75) is 37.3 Å². The summed E-state index contributed by atoms with van der Waals surface area (Å²) >= 11 is 0. The zero-order chi connectivity index (χ0) is 14.0. The van der Waals surface area contributed by atoms with Gasteiger partial charge in [-0.1, -0.05) is 6.92 Å². The Morgan fingerprint density at radius 1 is 1.47 bits per heavy atom. The predicted octanol–water partition coefficient (Wildman–Crippen LogP) is 1.38. The van der Waals surface area contributed by atoms with E-state index in [4.69, 9.17) is 10.7 Å². The number of halogens is 1. The molecule has 2 heterocycles. The van der Waals surface area contributed by atoms with Gasteiger partial charge in [-0.3, -0.25) is 9.48 Å². The number of hydrogen-bond donors (Lipinski definition) is 0. The van der Waals surface area contributed by atoms with Gasteiger partial charge in [0.05, 0.1) is 6.04 Å². The topological polar surface area (TPSA) is 72.3 Å². The summed E-state index contributed by atoms with van der Waals surface area (Å²) in [6, 6.07) is 1.51. The molecule has 8 heteroatoms. The molecule has 1 aliphatic heterocycles. The smallest absolute Gasteiger partial charge is 0.280 e. The molecule has 0 spiro atoms. The molecule has 0 N–H and O–H groups in total. The highest BCUT2D eigenvalue weighted by Gasteiger charge is 2.24. The highest BCUT2D eigenvalue weighted by atomic mass is 35.7. The number of likely N-dealkylation sites (tertiary alicyclic amines) is 1. The van der Waals surface area contributed by atoms with Gasteiger partial charge in [0.15, 0.2) is 5.03 Å². The van der Waals surface area contributed by atoms with Crippen LogP contribution in [-0.4, -0.2) is 42.1 Å². The third-order valence-corrected chi connectivity index (χ3v) is 4.52. The van der Waals surface area contributed by atoms with Gasteiger partial charge in [0.25, 0.3) is 9.05 Å². The fourth-order valence-corrected chi connectivity index (χ4v) is 2.92. The lowest BCUT2D eigenvalue weighted by Crippen LogP contribution is -2.38. The van der Waals surface area contributed by atoms with Gasteiger partial charge in [-0.2, -0.15) is 5.10 Å². The van der Waals surface area contributed by atoms with Gasteiger partial charge in [-0.15, -0.1) is 0 Å². The lowest BCUT2D eigenvalue weighted by Gasteiger charge is -2.31. The Balaban J connectivity index is 2.02. The monoisotopic (exact) mass is 305 g/mol. The van der Waals surface area contributed by atoms with Crippen molar-refractivity contribution in [1.82, 2.24) is 14.7 Å². The molecule has 0 atom stereocenters. The van der Waals surface area contributed by atoms with Crippen molar-refractivity contribution >= 4 is 25.6 Å². The van der Waals surface area contributed by atoms with E-state index in [0.717, 1.165) is 12.8 Å². The van der Waals surface area contributed by atoms with E-state index in [1.54, 1.807) is 10.9 Å². The van der Waals surface area contributed by atoms with Crippen LogP contribution in [0.2, 0.25) is 0 Å². The second kappa shape index (κ2) is 5.50. The van der Waals surface area contributed by atoms with Crippen molar-refractivity contribution in [2.24, 2.45) is 0 Å². The van der Waals surface area contributed by atoms with Gasteiger partial charge in [0, 0.05) is 36.4 Å². The van der Waals surface area contributed by atoms with Gasteiger partial charge in [0.1, 0.15) is 0 Å². The van der Waals surface area contributed by atoms with Crippen LogP contribution >= 0.6 is 10.7 Å². The summed E-state index contributed by atoms with van der Waals surface area (Å²) in [6.07, 6.45) is 3.68. The molecule has 1 fully saturated rings. The molecule has 106 valence electrons. The molecule has 1 amide bonds. The second-order valence-electron chi connectivity index (χ2n) is 4.54. The SMILES string of the molecule is CCC(=O)N1CCC(n2ccc(S(=O)(=O)Cl)n2)CC1. The number of carbonyl (C=O) groups is 1. The van der Waals surface area contributed by atoms with Crippen molar-refractivity contribution in [3.63, 3.8) is 0 Å². The van der Waals surface area contributed by atoms with E-state index >= 15 is 0 Å². The van der Waals surface area contributed by atoms with Crippen LogP contribution in [0, 0.1) is 0 Å². The number of rotatable bonds is 3. The fraction of sp³-hybridized carbons (Fsp3) is 0.636. The molecule has 0 aliphatic carbocycles. The Hall–Kier alpha value is -1.08. The number of hydrogen-bond acceptors (Lipinski definition) is 4. The highest BCUT2D eigenvalue weighted by molar-refractivity contribution is 8.13. The average molecular weight is 306 g/mol. The van der Waals surface area contributed by atoms with Crippen LogP contribution in [0.5, 0.6) is 0 Å². The molecule has 19 heavy (non-hydrogen) atoms. The van der Waals surface area contributed by atoms with Gasteiger partial charge >= 0.3 is 0 Å². The molecule has 0 bridgehead atoms. The van der Waals surface area contributed by atoms with E-state index in [2.05, 4.69) is 5.10 Å². The first-order chi connectivity index (χ1) is 8.91. The zero-order valence-corrected chi connectivity index (χ0v) is 12.2. The lowest BCUT2D eigenvalue weighted by atomic mass is 10.1. The van der Waals surface area contributed by atoms with Crippen molar-refractivity contribution in [3.05, 3.63) is 12.3 Å². The maximum atomic E-state index is 11.6. The predicted molar refractivity (Wildman–Crippen MR) is 70.4 cm³/mol. The molecular formula is C11H16ClN3O3S. The van der Waals surface area contributed by atoms with E-state index in [1.807, 2.05) is 11.8 Å². The van der Waals surface area contributed by atoms with Gasteiger partial charge in [-0.25, -0.2) is 8.42 Å². The van der Waals surface area contributed by atoms with Gasteiger partial charge in [0.2, 0.25) is 5.91 Å². The quantitative estimate of drug-likeness (QED) is 0.791. The minimum Gasteiger partial charge on any atom is -0.343 e. The summed E-state index contributed by atoms with van der Waals surface area (Å²) < 4.78 is 23.9. The summed E-state index contributed by atoms with van der Waals surface area (Å²) in [4.78, 5) is 13.4. The summed E-state index contributed by atoms with van der Waals surface area (Å²) in [5.74, 6) is 0.156. The molecule has 2 rings (SSSR count). The number of carbonyl (C=O) groups excluding carboxylic acids is 1. The third kappa shape index (κ3) is 3.27. The summed E-state index contributed by atoms with van der Waals surface area (Å²) in [7, 11) is 1.46. The van der Waals surface area contributed by atoms with Gasteiger partial charge < -0.3 is 4.90 Å². The van der Waals surface area contributed by atoms with Gasteiger partial charge in [-0.05, 0) is 18.9 Å². The normalized spacial score (nSPS) is 17.7. The maximum absolute atomic E-state index is 11.6. The third-order valence-electron chi connectivity index (χ3n) is 3.33. The summed E-state index contributed by atoms with van der Waals surface area (Å²) in [6.45, 7) is 3.21. The number of nitrogens with zero attached hydrogens (tertiary/aromatic N) is 3. The van der Waals surface area contributed by atoms with E-state index in [-0.39, 0.29) is 17.0 Å². The van der Waals surface area contributed by atoms with E-state index in [0.29, 0.717) is 19.5 Å². The van der Waals surface area contributed by atoms with Crippen molar-refractivity contribution < 1.29 is 13.2 Å². The van der Waals surface area contributed by atoms with Crippen LogP contribution < -0.4 is 0 Å². The molecule has 1 aromatic rings. The Labute approximate surface area is 116 Å². The molecule has 0 saturated carbocycles. The molecule has 0 unspecified atom stereocenters. The standard InChI is InChI=1S/C11H16ClN3O3S/c1-2-11(16)14-6-3-9(4-7-14)15-8-5-10(13-15)19(12,17)18/h5,8-9H,2-4,6-7H2,1H3. The van der Waals surface area contributed by atoms with Crippen LogP contribution in [0.1, 0.15) is 32.2 Å². The first kappa shape index (κ1) is 14.3. The van der Waals surface area contributed by atoms with Crippen LogP contribution in [0.3, 0.4) is 0 Å². The van der Waals surface area contributed by atoms with Crippen molar-refractivity contribution in [3.8, 4) is 0 Å². The Morgan fingerprint density at radius 3 is 2.58 bits per heavy atom. The highest BCUT2D eigenvalue weighted by Crippen LogP contribution is 2.23. The molecule has 0 radical (unpaired) electrons. The molecule has 6 nitrogen and oxygen atoms in total. The second-order valence-corrected chi connectivity index (χ2v) is 7.05. The summed E-state index contributed by atoms with van der Waals surface area (Å²) in [5, 5.41) is 3.86. The average Bonchev–Trinajstić information content (AvgIpc) is 2.87. The molecular weight excluding hydrogens is 290 g/mol. The van der Waals surface area contributed by atoms with Crippen LogP contribution in [0.25, 0.3) is 0 Å². The van der Waals surface area contributed by atoms with E-state index < -0.39 is 9.05 Å². The Morgan fingerprint density at radius 2 is 2.11 bits per heavy atom. The number of aromatic nitrogens is 2. The minimum atomic E-state index is -3.77. The molecule has 1 aliphatic rings.